The van der Waals surface area contributed by atoms with E-state index in [9.17, 15) is 9.90 Å². The van der Waals surface area contributed by atoms with Gasteiger partial charge in [-0.1, -0.05) is 37.0 Å². The summed E-state index contributed by atoms with van der Waals surface area (Å²) in [7, 11) is 1.61. The first-order chi connectivity index (χ1) is 10.1. The highest BCUT2D eigenvalue weighted by Gasteiger charge is 2.23. The van der Waals surface area contributed by atoms with Crippen molar-refractivity contribution in [3.63, 3.8) is 0 Å². The largest absolute Gasteiger partial charge is 0.496 e. The van der Waals surface area contributed by atoms with E-state index in [4.69, 9.17) is 4.74 Å². The molecule has 1 amide bonds. The minimum absolute atomic E-state index is 0.0511. The number of methoxy groups -OCH3 is 1. The van der Waals surface area contributed by atoms with Crippen LogP contribution >= 0.6 is 0 Å². The minimum Gasteiger partial charge on any atom is -0.496 e. The molecule has 2 atom stereocenters. The van der Waals surface area contributed by atoms with Crippen LogP contribution in [0.15, 0.2) is 18.2 Å². The predicted octanol–water partition coefficient (Wildman–Crippen LogP) is 2.36. The first-order valence-electron chi connectivity index (χ1n) is 7.71. The first kappa shape index (κ1) is 15.8. The summed E-state index contributed by atoms with van der Waals surface area (Å²) in [6.45, 7) is 2.00. The summed E-state index contributed by atoms with van der Waals surface area (Å²) in [5.74, 6) is 0.682. The van der Waals surface area contributed by atoms with Gasteiger partial charge in [-0.25, -0.2) is 0 Å². The Bertz CT molecular complexity index is 487. The second kappa shape index (κ2) is 7.46. The molecule has 116 valence electrons. The van der Waals surface area contributed by atoms with E-state index >= 15 is 0 Å². The number of hydrogen-bond donors (Lipinski definition) is 2. The molecule has 0 aliphatic heterocycles. The van der Waals surface area contributed by atoms with Crippen LogP contribution in [0, 0.1) is 6.92 Å². The summed E-state index contributed by atoms with van der Waals surface area (Å²) < 4.78 is 5.30. The lowest BCUT2D eigenvalue weighted by Gasteiger charge is -2.22. The lowest BCUT2D eigenvalue weighted by molar-refractivity contribution is -0.122. The molecule has 2 unspecified atom stereocenters. The van der Waals surface area contributed by atoms with Gasteiger partial charge in [0, 0.05) is 5.56 Å². The quantitative estimate of drug-likeness (QED) is 0.837. The minimum atomic E-state index is -0.421. The summed E-state index contributed by atoms with van der Waals surface area (Å²) in [5, 5.41) is 13.1. The van der Waals surface area contributed by atoms with Crippen molar-refractivity contribution in [3.8, 4) is 5.75 Å². The third-order valence-corrected chi connectivity index (χ3v) is 4.11. The molecule has 0 bridgehead atoms. The molecule has 4 heteroatoms. The zero-order valence-corrected chi connectivity index (χ0v) is 12.9. The summed E-state index contributed by atoms with van der Waals surface area (Å²) in [6.07, 6.45) is 4.74. The summed E-state index contributed by atoms with van der Waals surface area (Å²) in [4.78, 5) is 12.2. The average Bonchev–Trinajstić information content (AvgIpc) is 2.64. The molecule has 0 radical (unpaired) electrons. The van der Waals surface area contributed by atoms with Gasteiger partial charge < -0.3 is 15.2 Å². The van der Waals surface area contributed by atoms with Crippen LogP contribution in [0.2, 0.25) is 0 Å². The van der Waals surface area contributed by atoms with Crippen molar-refractivity contribution < 1.29 is 14.6 Å². The molecule has 21 heavy (non-hydrogen) atoms. The Hall–Kier alpha value is -1.55. The van der Waals surface area contributed by atoms with Crippen molar-refractivity contribution >= 4 is 5.91 Å². The molecule has 1 aromatic carbocycles. The molecule has 2 N–H and O–H groups in total. The summed E-state index contributed by atoms with van der Waals surface area (Å²) in [6, 6.07) is 5.71. The number of aliphatic hydroxyl groups is 1. The smallest absolute Gasteiger partial charge is 0.224 e. The van der Waals surface area contributed by atoms with Crippen LogP contribution < -0.4 is 10.1 Å². The number of benzene rings is 1. The number of nitrogens with one attached hydrogen (secondary N) is 1. The molecule has 0 aromatic heterocycles. The van der Waals surface area contributed by atoms with Crippen LogP contribution in [0.4, 0.5) is 0 Å². The molecule has 0 spiro atoms. The van der Waals surface area contributed by atoms with E-state index in [1.807, 2.05) is 25.1 Å². The average molecular weight is 291 g/mol. The van der Waals surface area contributed by atoms with Crippen LogP contribution in [-0.4, -0.2) is 30.3 Å². The number of ether oxygens (including phenoxy) is 1. The fourth-order valence-corrected chi connectivity index (χ4v) is 2.93. The van der Waals surface area contributed by atoms with Crippen LogP contribution in [-0.2, 0) is 11.2 Å². The number of aryl methyl sites for hydroxylation is 1. The molecule has 1 aromatic rings. The third-order valence-electron chi connectivity index (χ3n) is 4.11. The highest BCUT2D eigenvalue weighted by molar-refractivity contribution is 5.79. The van der Waals surface area contributed by atoms with E-state index < -0.39 is 6.10 Å². The van der Waals surface area contributed by atoms with Crippen LogP contribution in [0.1, 0.15) is 43.2 Å². The maximum absolute atomic E-state index is 12.2. The van der Waals surface area contributed by atoms with Gasteiger partial charge in [0.05, 0.1) is 25.7 Å². The molecule has 1 fully saturated rings. The maximum Gasteiger partial charge on any atom is 0.224 e. The summed E-state index contributed by atoms with van der Waals surface area (Å²) >= 11 is 0. The van der Waals surface area contributed by atoms with Crippen LogP contribution in [0.25, 0.3) is 0 Å². The van der Waals surface area contributed by atoms with E-state index in [1.54, 1.807) is 7.11 Å². The van der Waals surface area contributed by atoms with Gasteiger partial charge in [0.25, 0.3) is 0 Å². The van der Waals surface area contributed by atoms with Gasteiger partial charge in [-0.2, -0.15) is 0 Å². The van der Waals surface area contributed by atoms with Crippen LogP contribution in [0.3, 0.4) is 0 Å². The fourth-order valence-electron chi connectivity index (χ4n) is 2.93. The highest BCUT2D eigenvalue weighted by Crippen LogP contribution is 2.21. The van der Waals surface area contributed by atoms with Crippen molar-refractivity contribution in [1.82, 2.24) is 5.32 Å². The predicted molar refractivity (Wildman–Crippen MR) is 82.5 cm³/mol. The zero-order chi connectivity index (χ0) is 15.2. The molecule has 2 rings (SSSR count). The molecule has 4 nitrogen and oxygen atoms in total. The molecule has 1 saturated carbocycles. The SMILES string of the molecule is COc1ccc(C)cc1CC(=O)NC1CCCCCC1O. The fraction of sp³-hybridized carbons (Fsp3) is 0.588. The Morgan fingerprint density at radius 3 is 2.86 bits per heavy atom. The summed E-state index contributed by atoms with van der Waals surface area (Å²) in [5.41, 5.74) is 1.99. The Labute approximate surface area is 126 Å². The molecular weight excluding hydrogens is 266 g/mol. The Balaban J connectivity index is 1.99. The van der Waals surface area contributed by atoms with E-state index in [0.717, 1.165) is 49.0 Å². The molecule has 0 saturated heterocycles. The topological polar surface area (TPSA) is 58.6 Å². The number of hydrogen-bond acceptors (Lipinski definition) is 3. The number of carbonyl (C=O) groups excluding carboxylic acids is 1. The second-order valence-electron chi connectivity index (χ2n) is 5.87. The highest BCUT2D eigenvalue weighted by atomic mass is 16.5. The standard InChI is InChI=1S/C17H25NO3/c1-12-8-9-16(21-2)13(10-12)11-17(20)18-14-6-4-3-5-7-15(14)19/h8-10,14-15,19H,3-7,11H2,1-2H3,(H,18,20). The number of amides is 1. The van der Waals surface area contributed by atoms with Gasteiger partial charge in [-0.15, -0.1) is 0 Å². The number of rotatable bonds is 4. The van der Waals surface area contributed by atoms with Crippen molar-refractivity contribution in [2.45, 2.75) is 57.6 Å². The molecule has 0 heterocycles. The Morgan fingerprint density at radius 1 is 1.33 bits per heavy atom. The molecular formula is C17H25NO3. The molecule has 1 aliphatic carbocycles. The van der Waals surface area contributed by atoms with Crippen LogP contribution in [0.5, 0.6) is 5.75 Å². The zero-order valence-electron chi connectivity index (χ0n) is 12.9. The normalized spacial score (nSPS) is 22.4. The van der Waals surface area contributed by atoms with Gasteiger partial charge in [0.1, 0.15) is 5.75 Å². The van der Waals surface area contributed by atoms with Gasteiger partial charge >= 0.3 is 0 Å². The van der Waals surface area contributed by atoms with Crippen molar-refractivity contribution in [2.24, 2.45) is 0 Å². The van der Waals surface area contributed by atoms with Gasteiger partial charge in [-0.3, -0.25) is 4.79 Å². The third kappa shape index (κ3) is 4.46. The van der Waals surface area contributed by atoms with E-state index in [-0.39, 0.29) is 18.4 Å². The first-order valence-corrected chi connectivity index (χ1v) is 7.71. The monoisotopic (exact) mass is 291 g/mol. The maximum atomic E-state index is 12.2. The Morgan fingerprint density at radius 2 is 2.10 bits per heavy atom. The number of aliphatic hydroxyl groups excluding tert-OH is 1. The number of carbonyl (C=O) groups is 1. The van der Waals surface area contributed by atoms with E-state index in [1.165, 1.54) is 0 Å². The second-order valence-corrected chi connectivity index (χ2v) is 5.87. The van der Waals surface area contributed by atoms with E-state index in [0.29, 0.717) is 0 Å². The van der Waals surface area contributed by atoms with Crippen molar-refractivity contribution in [1.29, 1.82) is 0 Å². The lowest BCUT2D eigenvalue weighted by Crippen LogP contribution is -2.43. The Kier molecular flexibility index (Phi) is 5.62. The van der Waals surface area contributed by atoms with Gasteiger partial charge in [0.2, 0.25) is 5.91 Å². The lowest BCUT2D eigenvalue weighted by atomic mass is 10.0. The van der Waals surface area contributed by atoms with Crippen molar-refractivity contribution in [3.05, 3.63) is 29.3 Å². The van der Waals surface area contributed by atoms with Crippen molar-refractivity contribution in [2.75, 3.05) is 7.11 Å². The van der Waals surface area contributed by atoms with Gasteiger partial charge in [-0.05, 0) is 25.8 Å². The van der Waals surface area contributed by atoms with Gasteiger partial charge in [0.15, 0.2) is 0 Å². The molecule has 1 aliphatic rings. The van der Waals surface area contributed by atoms with E-state index in [2.05, 4.69) is 5.32 Å².